The van der Waals surface area contributed by atoms with Gasteiger partial charge in [-0.15, -0.1) is 0 Å². The fourth-order valence-corrected chi connectivity index (χ4v) is 1.21. The Labute approximate surface area is 72.1 Å². The van der Waals surface area contributed by atoms with Crippen molar-refractivity contribution in [1.29, 1.82) is 0 Å². The summed E-state index contributed by atoms with van der Waals surface area (Å²) in [4.78, 5) is 14.6. The SMILES string of the molecule is Cn1cnc(=O)cc1C(C)(C)C. The molecule has 0 atom stereocenters. The summed E-state index contributed by atoms with van der Waals surface area (Å²) in [6, 6.07) is 1.58. The lowest BCUT2D eigenvalue weighted by Gasteiger charge is -2.21. The van der Waals surface area contributed by atoms with E-state index in [9.17, 15) is 4.79 Å². The predicted octanol–water partition coefficient (Wildman–Crippen LogP) is 1.08. The van der Waals surface area contributed by atoms with E-state index >= 15 is 0 Å². The molecule has 0 aliphatic rings. The number of aromatic nitrogens is 2. The average molecular weight is 166 g/mol. The first-order chi connectivity index (χ1) is 5.41. The van der Waals surface area contributed by atoms with Gasteiger partial charge in [-0.05, 0) is 0 Å². The van der Waals surface area contributed by atoms with Crippen LogP contribution in [-0.4, -0.2) is 9.55 Å². The monoisotopic (exact) mass is 166 g/mol. The Morgan fingerprint density at radius 3 is 2.42 bits per heavy atom. The van der Waals surface area contributed by atoms with E-state index in [1.165, 1.54) is 0 Å². The van der Waals surface area contributed by atoms with Gasteiger partial charge in [0, 0.05) is 24.2 Å². The van der Waals surface area contributed by atoms with Crippen LogP contribution in [0.1, 0.15) is 26.5 Å². The highest BCUT2D eigenvalue weighted by molar-refractivity contribution is 5.11. The fourth-order valence-electron chi connectivity index (χ4n) is 1.21. The second kappa shape index (κ2) is 2.73. The topological polar surface area (TPSA) is 34.9 Å². The van der Waals surface area contributed by atoms with E-state index < -0.39 is 0 Å². The molecule has 0 bridgehead atoms. The van der Waals surface area contributed by atoms with Gasteiger partial charge >= 0.3 is 0 Å². The second-order valence-corrected chi connectivity index (χ2v) is 3.97. The van der Waals surface area contributed by atoms with E-state index in [0.717, 1.165) is 5.69 Å². The highest BCUT2D eigenvalue weighted by atomic mass is 16.1. The Balaban J connectivity index is 3.33. The predicted molar refractivity (Wildman–Crippen MR) is 48.2 cm³/mol. The summed E-state index contributed by atoms with van der Waals surface area (Å²) in [6.45, 7) is 6.21. The van der Waals surface area contributed by atoms with Crippen molar-refractivity contribution in [3.63, 3.8) is 0 Å². The highest BCUT2D eigenvalue weighted by Crippen LogP contribution is 2.18. The molecule has 0 aliphatic carbocycles. The summed E-state index contributed by atoms with van der Waals surface area (Å²) in [5, 5.41) is 0. The van der Waals surface area contributed by atoms with E-state index in [4.69, 9.17) is 0 Å². The van der Waals surface area contributed by atoms with Crippen LogP contribution in [0.4, 0.5) is 0 Å². The van der Waals surface area contributed by atoms with Gasteiger partial charge in [-0.25, -0.2) is 0 Å². The number of rotatable bonds is 0. The molecular formula is C9H14N2O. The maximum absolute atomic E-state index is 11.0. The van der Waals surface area contributed by atoms with Crippen molar-refractivity contribution in [3.05, 3.63) is 28.4 Å². The van der Waals surface area contributed by atoms with Crippen LogP contribution in [0.2, 0.25) is 0 Å². The van der Waals surface area contributed by atoms with Crippen LogP contribution in [0, 0.1) is 0 Å². The van der Waals surface area contributed by atoms with Crippen LogP contribution in [0.5, 0.6) is 0 Å². The normalized spacial score (nSPS) is 11.7. The first-order valence-corrected chi connectivity index (χ1v) is 3.94. The van der Waals surface area contributed by atoms with Crippen molar-refractivity contribution in [2.45, 2.75) is 26.2 Å². The quantitative estimate of drug-likeness (QED) is 0.578. The van der Waals surface area contributed by atoms with Gasteiger partial charge in [-0.2, -0.15) is 4.98 Å². The zero-order valence-corrected chi connectivity index (χ0v) is 7.96. The van der Waals surface area contributed by atoms with Crippen molar-refractivity contribution in [3.8, 4) is 0 Å². The Kier molecular flexibility index (Phi) is 2.04. The van der Waals surface area contributed by atoms with E-state index in [2.05, 4.69) is 25.8 Å². The van der Waals surface area contributed by atoms with Crippen LogP contribution in [-0.2, 0) is 12.5 Å². The van der Waals surface area contributed by atoms with Gasteiger partial charge in [0.25, 0.3) is 5.56 Å². The first kappa shape index (κ1) is 8.97. The van der Waals surface area contributed by atoms with Crippen LogP contribution in [0.15, 0.2) is 17.2 Å². The number of hydrogen-bond acceptors (Lipinski definition) is 2. The van der Waals surface area contributed by atoms with Crippen LogP contribution in [0.3, 0.4) is 0 Å². The number of aryl methyl sites for hydroxylation is 1. The summed E-state index contributed by atoms with van der Waals surface area (Å²) < 4.78 is 1.88. The van der Waals surface area contributed by atoms with E-state index in [-0.39, 0.29) is 11.0 Å². The van der Waals surface area contributed by atoms with Gasteiger partial charge in [-0.1, -0.05) is 20.8 Å². The highest BCUT2D eigenvalue weighted by Gasteiger charge is 2.16. The minimum Gasteiger partial charge on any atom is -0.338 e. The van der Waals surface area contributed by atoms with Crippen LogP contribution < -0.4 is 5.56 Å². The molecule has 0 aromatic carbocycles. The Bertz CT molecular complexity index is 333. The van der Waals surface area contributed by atoms with Gasteiger partial charge < -0.3 is 4.57 Å². The molecule has 3 heteroatoms. The van der Waals surface area contributed by atoms with E-state index in [0.29, 0.717) is 0 Å². The van der Waals surface area contributed by atoms with Gasteiger partial charge in [-0.3, -0.25) is 4.79 Å². The molecule has 66 valence electrons. The van der Waals surface area contributed by atoms with Crippen molar-refractivity contribution in [2.75, 3.05) is 0 Å². The molecule has 0 unspecified atom stereocenters. The molecule has 1 aromatic rings. The molecule has 0 saturated heterocycles. The molecule has 12 heavy (non-hydrogen) atoms. The Morgan fingerprint density at radius 2 is 2.00 bits per heavy atom. The molecule has 0 aliphatic heterocycles. The largest absolute Gasteiger partial charge is 0.338 e. The average Bonchev–Trinajstić information content (AvgIpc) is 1.92. The minimum absolute atomic E-state index is 0.00313. The molecule has 1 heterocycles. The molecule has 1 aromatic heterocycles. The summed E-state index contributed by atoms with van der Waals surface area (Å²) in [5.74, 6) is 0. The summed E-state index contributed by atoms with van der Waals surface area (Å²) in [5.41, 5.74) is 0.831. The zero-order chi connectivity index (χ0) is 9.35. The number of hydrogen-bond donors (Lipinski definition) is 0. The van der Waals surface area contributed by atoms with Crippen molar-refractivity contribution >= 4 is 0 Å². The van der Waals surface area contributed by atoms with E-state index in [1.54, 1.807) is 12.4 Å². The molecular weight excluding hydrogens is 152 g/mol. The Morgan fingerprint density at radius 1 is 1.42 bits per heavy atom. The third-order valence-corrected chi connectivity index (χ3v) is 1.77. The molecule has 0 amide bonds. The molecule has 0 fully saturated rings. The standard InChI is InChI=1S/C9H14N2O/c1-9(2,3)7-5-8(12)10-6-11(7)4/h5-6H,1-4H3. The molecule has 0 saturated carbocycles. The van der Waals surface area contributed by atoms with Gasteiger partial charge in [0.15, 0.2) is 0 Å². The number of nitrogens with zero attached hydrogens (tertiary/aromatic N) is 2. The third kappa shape index (κ3) is 1.72. The lowest BCUT2D eigenvalue weighted by Crippen LogP contribution is -2.22. The zero-order valence-electron chi connectivity index (χ0n) is 7.96. The molecule has 0 spiro atoms. The molecule has 3 nitrogen and oxygen atoms in total. The molecule has 1 rings (SSSR count). The van der Waals surface area contributed by atoms with E-state index in [1.807, 2.05) is 11.6 Å². The first-order valence-electron chi connectivity index (χ1n) is 3.94. The van der Waals surface area contributed by atoms with Crippen LogP contribution in [0.25, 0.3) is 0 Å². The third-order valence-electron chi connectivity index (χ3n) is 1.77. The second-order valence-electron chi connectivity index (χ2n) is 3.97. The lowest BCUT2D eigenvalue weighted by atomic mass is 9.92. The van der Waals surface area contributed by atoms with Crippen molar-refractivity contribution in [2.24, 2.45) is 7.05 Å². The molecule has 0 radical (unpaired) electrons. The van der Waals surface area contributed by atoms with Gasteiger partial charge in [0.1, 0.15) is 0 Å². The van der Waals surface area contributed by atoms with Crippen molar-refractivity contribution in [1.82, 2.24) is 9.55 Å². The van der Waals surface area contributed by atoms with Crippen molar-refractivity contribution < 1.29 is 0 Å². The summed E-state index contributed by atoms with van der Waals surface area (Å²) in [7, 11) is 1.90. The van der Waals surface area contributed by atoms with Gasteiger partial charge in [0.05, 0.1) is 6.33 Å². The summed E-state index contributed by atoms with van der Waals surface area (Å²) in [6.07, 6.45) is 1.56. The Hall–Kier alpha value is -1.12. The molecule has 0 N–H and O–H groups in total. The maximum atomic E-state index is 11.0. The fraction of sp³-hybridized carbons (Fsp3) is 0.556. The van der Waals surface area contributed by atoms with Gasteiger partial charge in [0.2, 0.25) is 0 Å². The van der Waals surface area contributed by atoms with Crippen LogP contribution >= 0.6 is 0 Å². The summed E-state index contributed by atoms with van der Waals surface area (Å²) >= 11 is 0. The smallest absolute Gasteiger partial charge is 0.272 e. The minimum atomic E-state index is -0.168. The lowest BCUT2D eigenvalue weighted by molar-refractivity contribution is 0.530. The maximum Gasteiger partial charge on any atom is 0.272 e.